The van der Waals surface area contributed by atoms with Crippen molar-refractivity contribution < 1.29 is 18.7 Å². The summed E-state index contributed by atoms with van der Waals surface area (Å²) in [4.78, 5) is 29.6. The fourth-order valence-corrected chi connectivity index (χ4v) is 2.98. The Morgan fingerprint density at radius 3 is 2.43 bits per heavy atom. The fraction of sp³-hybridized carbons (Fsp3) is 0.292. The number of amides is 1. The summed E-state index contributed by atoms with van der Waals surface area (Å²) < 4.78 is 10.9. The molecule has 6 nitrogen and oxygen atoms in total. The SMILES string of the molecule is Cc1ccc(-c2nc(COC(=O)[C@@H](NC(=O)c3ccccc3C)C(C)C)co2)cc1. The number of nitrogens with zero attached hydrogens (tertiary/aromatic N) is 1. The largest absolute Gasteiger partial charge is 0.458 e. The maximum absolute atomic E-state index is 12.6. The first kappa shape index (κ1) is 21.3. The second-order valence-corrected chi connectivity index (χ2v) is 7.63. The van der Waals surface area contributed by atoms with Crippen LogP contribution in [0.4, 0.5) is 0 Å². The molecule has 1 amide bonds. The minimum atomic E-state index is -0.763. The number of carbonyl (C=O) groups excluding carboxylic acids is 2. The van der Waals surface area contributed by atoms with Crippen molar-refractivity contribution in [3.63, 3.8) is 0 Å². The number of esters is 1. The highest BCUT2D eigenvalue weighted by Crippen LogP contribution is 2.19. The maximum atomic E-state index is 12.6. The molecular weight excluding hydrogens is 380 g/mol. The molecule has 0 saturated heterocycles. The zero-order valence-corrected chi connectivity index (χ0v) is 17.6. The van der Waals surface area contributed by atoms with Crippen molar-refractivity contribution in [1.29, 1.82) is 0 Å². The van der Waals surface area contributed by atoms with Crippen molar-refractivity contribution in [3.8, 4) is 11.5 Å². The second kappa shape index (κ2) is 9.39. The zero-order valence-electron chi connectivity index (χ0n) is 17.6. The van der Waals surface area contributed by atoms with E-state index in [9.17, 15) is 9.59 Å². The highest BCUT2D eigenvalue weighted by atomic mass is 16.5. The summed E-state index contributed by atoms with van der Waals surface area (Å²) in [6.45, 7) is 7.55. The highest BCUT2D eigenvalue weighted by molar-refractivity contribution is 5.98. The molecule has 0 aliphatic heterocycles. The number of aromatic nitrogens is 1. The van der Waals surface area contributed by atoms with Crippen molar-refractivity contribution >= 4 is 11.9 Å². The Morgan fingerprint density at radius 1 is 1.07 bits per heavy atom. The van der Waals surface area contributed by atoms with Crippen LogP contribution in [-0.4, -0.2) is 22.9 Å². The van der Waals surface area contributed by atoms with Crippen LogP contribution in [0.15, 0.2) is 59.2 Å². The van der Waals surface area contributed by atoms with E-state index in [2.05, 4.69) is 10.3 Å². The molecule has 1 aromatic heterocycles. The molecule has 2 aromatic carbocycles. The normalized spacial score (nSPS) is 11.9. The summed E-state index contributed by atoms with van der Waals surface area (Å²) >= 11 is 0. The molecule has 1 N–H and O–H groups in total. The van der Waals surface area contributed by atoms with Crippen LogP contribution in [-0.2, 0) is 16.1 Å². The number of benzene rings is 2. The summed E-state index contributed by atoms with van der Waals surface area (Å²) in [7, 11) is 0. The van der Waals surface area contributed by atoms with E-state index in [4.69, 9.17) is 9.15 Å². The summed E-state index contributed by atoms with van der Waals surface area (Å²) in [5.41, 5.74) is 3.88. The standard InChI is InChI=1S/C24H26N2O4/c1-15(2)21(26-22(27)20-8-6-5-7-17(20)4)24(28)30-14-19-13-29-23(25-19)18-11-9-16(3)10-12-18/h5-13,15,21H,14H2,1-4H3,(H,26,27)/t21-/m0/s1. The number of oxazole rings is 1. The van der Waals surface area contributed by atoms with Crippen molar-refractivity contribution in [2.24, 2.45) is 5.92 Å². The second-order valence-electron chi connectivity index (χ2n) is 7.63. The number of aryl methyl sites for hydroxylation is 2. The van der Waals surface area contributed by atoms with Gasteiger partial charge in [-0.1, -0.05) is 49.7 Å². The molecular formula is C24H26N2O4. The van der Waals surface area contributed by atoms with Gasteiger partial charge in [-0.2, -0.15) is 0 Å². The number of hydrogen-bond donors (Lipinski definition) is 1. The lowest BCUT2D eigenvalue weighted by atomic mass is 10.0. The molecule has 0 bridgehead atoms. The predicted octanol–water partition coefficient (Wildman–Crippen LogP) is 4.46. The van der Waals surface area contributed by atoms with Crippen molar-refractivity contribution in [2.75, 3.05) is 0 Å². The molecule has 0 spiro atoms. The number of ether oxygens (including phenoxy) is 1. The van der Waals surface area contributed by atoms with E-state index in [0.29, 0.717) is 17.1 Å². The van der Waals surface area contributed by atoms with Crippen LogP contribution in [0.5, 0.6) is 0 Å². The van der Waals surface area contributed by atoms with Gasteiger partial charge in [0.2, 0.25) is 5.89 Å². The topological polar surface area (TPSA) is 81.4 Å². The van der Waals surface area contributed by atoms with Gasteiger partial charge >= 0.3 is 5.97 Å². The van der Waals surface area contributed by atoms with E-state index in [-0.39, 0.29) is 18.4 Å². The van der Waals surface area contributed by atoms with E-state index in [1.165, 1.54) is 6.26 Å². The van der Waals surface area contributed by atoms with Gasteiger partial charge in [-0.05, 0) is 43.5 Å². The lowest BCUT2D eigenvalue weighted by Crippen LogP contribution is -2.45. The van der Waals surface area contributed by atoms with E-state index >= 15 is 0 Å². The molecule has 3 aromatic rings. The third kappa shape index (κ3) is 5.14. The van der Waals surface area contributed by atoms with E-state index in [1.807, 2.05) is 64.1 Å². The first-order valence-corrected chi connectivity index (χ1v) is 9.89. The van der Waals surface area contributed by atoms with Gasteiger partial charge in [0.1, 0.15) is 24.6 Å². The maximum Gasteiger partial charge on any atom is 0.329 e. The summed E-state index contributed by atoms with van der Waals surface area (Å²) in [6.07, 6.45) is 1.47. The Morgan fingerprint density at radius 2 is 1.77 bits per heavy atom. The molecule has 1 atom stereocenters. The monoisotopic (exact) mass is 406 g/mol. The van der Waals surface area contributed by atoms with Crippen LogP contribution in [0, 0.1) is 19.8 Å². The van der Waals surface area contributed by atoms with Gasteiger partial charge in [-0.15, -0.1) is 0 Å². The molecule has 0 aliphatic carbocycles. The average molecular weight is 406 g/mol. The van der Waals surface area contributed by atoms with Crippen LogP contribution in [0.3, 0.4) is 0 Å². The van der Waals surface area contributed by atoms with Crippen molar-refractivity contribution in [2.45, 2.75) is 40.3 Å². The van der Waals surface area contributed by atoms with Crippen LogP contribution >= 0.6 is 0 Å². The van der Waals surface area contributed by atoms with Gasteiger partial charge in [0.15, 0.2) is 0 Å². The van der Waals surface area contributed by atoms with Gasteiger partial charge in [0.25, 0.3) is 5.91 Å². The Bertz CT molecular complexity index is 1020. The third-order valence-corrected chi connectivity index (χ3v) is 4.81. The molecule has 156 valence electrons. The lowest BCUT2D eigenvalue weighted by Gasteiger charge is -2.21. The number of nitrogens with one attached hydrogen (secondary N) is 1. The Labute approximate surface area is 176 Å². The van der Waals surface area contributed by atoms with Crippen molar-refractivity contribution in [1.82, 2.24) is 10.3 Å². The molecule has 0 fully saturated rings. The number of hydrogen-bond acceptors (Lipinski definition) is 5. The van der Waals surface area contributed by atoms with E-state index < -0.39 is 12.0 Å². The average Bonchev–Trinajstić information content (AvgIpc) is 3.19. The van der Waals surface area contributed by atoms with Gasteiger partial charge in [-0.3, -0.25) is 4.79 Å². The minimum absolute atomic E-state index is 0.0301. The highest BCUT2D eigenvalue weighted by Gasteiger charge is 2.27. The molecule has 0 unspecified atom stereocenters. The molecule has 1 heterocycles. The fourth-order valence-electron chi connectivity index (χ4n) is 2.98. The summed E-state index contributed by atoms with van der Waals surface area (Å²) in [5, 5.41) is 2.79. The van der Waals surface area contributed by atoms with E-state index in [1.54, 1.807) is 12.1 Å². The van der Waals surface area contributed by atoms with Crippen LogP contribution in [0.1, 0.15) is 41.0 Å². The quantitative estimate of drug-likeness (QED) is 0.586. The van der Waals surface area contributed by atoms with Gasteiger partial charge in [0.05, 0.1) is 0 Å². The van der Waals surface area contributed by atoms with Crippen LogP contribution < -0.4 is 5.32 Å². The smallest absolute Gasteiger partial charge is 0.329 e. The molecule has 0 saturated carbocycles. The summed E-state index contributed by atoms with van der Waals surface area (Å²) in [6, 6.07) is 14.3. The molecule has 3 rings (SSSR count). The van der Waals surface area contributed by atoms with Gasteiger partial charge in [-0.25, -0.2) is 9.78 Å². The molecule has 30 heavy (non-hydrogen) atoms. The number of rotatable bonds is 7. The van der Waals surface area contributed by atoms with Crippen molar-refractivity contribution in [3.05, 3.63) is 77.2 Å². The van der Waals surface area contributed by atoms with Gasteiger partial charge < -0.3 is 14.5 Å². The first-order valence-electron chi connectivity index (χ1n) is 9.89. The summed E-state index contributed by atoms with van der Waals surface area (Å²) in [5.74, 6) is -0.473. The molecule has 0 aliphatic rings. The molecule has 0 radical (unpaired) electrons. The molecule has 6 heteroatoms. The predicted molar refractivity (Wildman–Crippen MR) is 114 cm³/mol. The third-order valence-electron chi connectivity index (χ3n) is 4.81. The lowest BCUT2D eigenvalue weighted by molar-refractivity contribution is -0.148. The van der Waals surface area contributed by atoms with Crippen LogP contribution in [0.25, 0.3) is 11.5 Å². The van der Waals surface area contributed by atoms with E-state index in [0.717, 1.165) is 16.7 Å². The Hall–Kier alpha value is -3.41. The van der Waals surface area contributed by atoms with Crippen LogP contribution in [0.2, 0.25) is 0 Å². The number of carbonyl (C=O) groups is 2. The minimum Gasteiger partial charge on any atom is -0.458 e. The first-order chi connectivity index (χ1) is 14.3. The Balaban J connectivity index is 1.62. The zero-order chi connectivity index (χ0) is 21.7. The Kier molecular flexibility index (Phi) is 6.67. The van der Waals surface area contributed by atoms with Gasteiger partial charge in [0, 0.05) is 11.1 Å².